The molecule has 94 valence electrons. The Hall–Kier alpha value is -0.960. The zero-order chi connectivity index (χ0) is 13.0. The van der Waals surface area contributed by atoms with Crippen LogP contribution in [0.25, 0.3) is 0 Å². The number of aliphatic hydroxyl groups is 2. The number of aromatic nitrogens is 1. The van der Waals surface area contributed by atoms with Gasteiger partial charge < -0.3 is 15.3 Å². The van der Waals surface area contributed by atoms with Crippen molar-refractivity contribution in [3.63, 3.8) is 0 Å². The second kappa shape index (κ2) is 6.10. The van der Waals surface area contributed by atoms with Crippen molar-refractivity contribution in [1.29, 1.82) is 0 Å². The topological polar surface area (TPSA) is 108 Å². The van der Waals surface area contributed by atoms with E-state index in [2.05, 4.69) is 4.98 Å². The quantitative estimate of drug-likeness (QED) is 0.719. The molecule has 0 aliphatic heterocycles. The lowest BCUT2D eigenvalue weighted by Gasteiger charge is -2.14. The van der Waals surface area contributed by atoms with Crippen LogP contribution in [0.4, 0.5) is 0 Å². The molecule has 8 heteroatoms. The number of thiazole rings is 1. The van der Waals surface area contributed by atoms with Gasteiger partial charge in [0, 0.05) is 18.1 Å². The van der Waals surface area contributed by atoms with Gasteiger partial charge in [0.2, 0.25) is 5.01 Å². The summed E-state index contributed by atoms with van der Waals surface area (Å²) in [4.78, 5) is 24.9. The maximum atomic E-state index is 10.7. The highest BCUT2D eigenvalue weighted by Gasteiger charge is 2.22. The highest BCUT2D eigenvalue weighted by Crippen LogP contribution is 2.22. The average molecular weight is 277 g/mol. The third-order valence-corrected chi connectivity index (χ3v) is 3.59. The summed E-state index contributed by atoms with van der Waals surface area (Å²) in [5.74, 6) is -1.14. The molecule has 0 bridgehead atoms. The van der Waals surface area contributed by atoms with Crippen LogP contribution in [0.2, 0.25) is 0 Å². The van der Waals surface area contributed by atoms with Gasteiger partial charge in [0.1, 0.15) is 6.10 Å². The van der Waals surface area contributed by atoms with Crippen LogP contribution >= 0.6 is 23.1 Å². The third kappa shape index (κ3) is 4.08. The van der Waals surface area contributed by atoms with E-state index in [1.165, 1.54) is 12.3 Å². The van der Waals surface area contributed by atoms with E-state index < -0.39 is 18.2 Å². The van der Waals surface area contributed by atoms with Gasteiger partial charge in [0.25, 0.3) is 0 Å². The number of thioether (sulfide) groups is 1. The number of aromatic carboxylic acids is 1. The van der Waals surface area contributed by atoms with E-state index in [0.29, 0.717) is 0 Å². The summed E-state index contributed by atoms with van der Waals surface area (Å²) in [7, 11) is 0. The predicted octanol–water partition coefficient (Wildman–Crippen LogP) is 0.515. The van der Waals surface area contributed by atoms with Gasteiger partial charge >= 0.3 is 5.97 Å². The first kappa shape index (κ1) is 14.1. The number of hydrogen-bond acceptors (Lipinski definition) is 7. The summed E-state index contributed by atoms with van der Waals surface area (Å²) in [5, 5.41) is 28.9. The Morgan fingerprint density at radius 2 is 2.18 bits per heavy atom. The van der Waals surface area contributed by atoms with Crippen LogP contribution in [-0.2, 0) is 4.79 Å². The van der Waals surface area contributed by atoms with Crippen molar-refractivity contribution in [3.8, 4) is 0 Å². The summed E-state index contributed by atoms with van der Waals surface area (Å²) >= 11 is 1.76. The predicted molar refractivity (Wildman–Crippen MR) is 63.2 cm³/mol. The molecular formula is C9H11NO5S2. The van der Waals surface area contributed by atoms with Crippen molar-refractivity contribution in [3.05, 3.63) is 16.1 Å². The van der Waals surface area contributed by atoms with Gasteiger partial charge in [-0.25, -0.2) is 9.78 Å². The zero-order valence-electron chi connectivity index (χ0n) is 8.86. The summed E-state index contributed by atoms with van der Waals surface area (Å²) in [6.07, 6.45) is -2.45. The van der Waals surface area contributed by atoms with Crippen LogP contribution in [0.3, 0.4) is 0 Å². The summed E-state index contributed by atoms with van der Waals surface area (Å²) < 4.78 is 0. The SMILES string of the molecule is CC(=O)SCC(O)C(O)c1csc(C(=O)O)n1. The van der Waals surface area contributed by atoms with E-state index in [1.54, 1.807) is 0 Å². The Morgan fingerprint density at radius 3 is 2.65 bits per heavy atom. The van der Waals surface area contributed by atoms with E-state index >= 15 is 0 Å². The average Bonchev–Trinajstić information content (AvgIpc) is 2.73. The zero-order valence-corrected chi connectivity index (χ0v) is 10.5. The smallest absolute Gasteiger partial charge is 0.365 e. The first-order valence-electron chi connectivity index (χ1n) is 4.60. The van der Waals surface area contributed by atoms with Crippen molar-refractivity contribution in [1.82, 2.24) is 4.98 Å². The fraction of sp³-hybridized carbons (Fsp3) is 0.444. The molecule has 0 saturated heterocycles. The molecule has 1 aromatic heterocycles. The van der Waals surface area contributed by atoms with Gasteiger partial charge in [0.05, 0.1) is 11.8 Å². The maximum Gasteiger partial charge on any atom is 0.365 e. The fourth-order valence-corrected chi connectivity index (χ4v) is 2.28. The summed E-state index contributed by atoms with van der Waals surface area (Å²) in [6, 6.07) is 0. The monoisotopic (exact) mass is 277 g/mol. The van der Waals surface area contributed by atoms with Crippen LogP contribution in [0.1, 0.15) is 28.5 Å². The molecule has 0 radical (unpaired) electrons. The van der Waals surface area contributed by atoms with Gasteiger partial charge in [-0.3, -0.25) is 4.79 Å². The number of nitrogens with zero attached hydrogens (tertiary/aromatic N) is 1. The number of carboxylic acids is 1. The van der Waals surface area contributed by atoms with Crippen molar-refractivity contribution < 1.29 is 24.9 Å². The molecule has 2 atom stereocenters. The standard InChI is InChI=1S/C9H11NO5S2/c1-4(11)16-3-6(12)7(13)5-2-17-8(10-5)9(14)15/h2,6-7,12-13H,3H2,1H3,(H,14,15). The second-order valence-electron chi connectivity index (χ2n) is 3.20. The maximum absolute atomic E-state index is 10.7. The van der Waals surface area contributed by atoms with Crippen LogP contribution < -0.4 is 0 Å². The molecule has 2 unspecified atom stereocenters. The number of carboxylic acid groups (broad SMARTS) is 1. The fourth-order valence-electron chi connectivity index (χ4n) is 1.01. The van der Waals surface area contributed by atoms with Crippen LogP contribution in [-0.4, -0.2) is 43.2 Å². The second-order valence-corrected chi connectivity index (χ2v) is 5.25. The number of carbonyl (C=O) groups excluding carboxylic acids is 1. The van der Waals surface area contributed by atoms with Crippen molar-refractivity contribution in [2.75, 3.05) is 5.75 Å². The lowest BCUT2D eigenvalue weighted by atomic mass is 10.2. The van der Waals surface area contributed by atoms with Crippen molar-refractivity contribution in [2.24, 2.45) is 0 Å². The third-order valence-electron chi connectivity index (χ3n) is 1.83. The van der Waals surface area contributed by atoms with E-state index in [9.17, 15) is 19.8 Å². The molecule has 6 nitrogen and oxygen atoms in total. The molecule has 1 aromatic rings. The minimum absolute atomic E-state index is 0.0381. The van der Waals surface area contributed by atoms with Gasteiger partial charge in [0.15, 0.2) is 5.12 Å². The number of aliphatic hydroxyl groups excluding tert-OH is 2. The molecule has 0 aliphatic carbocycles. The highest BCUT2D eigenvalue weighted by molar-refractivity contribution is 8.13. The molecule has 0 saturated carbocycles. The lowest BCUT2D eigenvalue weighted by molar-refractivity contribution is -0.109. The Bertz CT molecular complexity index is 419. The van der Waals surface area contributed by atoms with Gasteiger partial charge in [-0.2, -0.15) is 0 Å². The van der Waals surface area contributed by atoms with Crippen molar-refractivity contribution >= 4 is 34.2 Å². The molecule has 0 aromatic carbocycles. The molecule has 1 heterocycles. The lowest BCUT2D eigenvalue weighted by Crippen LogP contribution is -2.21. The minimum atomic E-state index is -1.29. The first-order chi connectivity index (χ1) is 7.91. The molecule has 0 amide bonds. The van der Waals surface area contributed by atoms with Gasteiger partial charge in [-0.05, 0) is 0 Å². The van der Waals surface area contributed by atoms with Gasteiger partial charge in [-0.1, -0.05) is 11.8 Å². The summed E-state index contributed by atoms with van der Waals surface area (Å²) in [5.41, 5.74) is 0.101. The van der Waals surface area contributed by atoms with Gasteiger partial charge in [-0.15, -0.1) is 11.3 Å². The van der Waals surface area contributed by atoms with E-state index in [0.717, 1.165) is 23.1 Å². The minimum Gasteiger partial charge on any atom is -0.476 e. The number of rotatable bonds is 5. The van der Waals surface area contributed by atoms with E-state index in [-0.39, 0.29) is 21.6 Å². The largest absolute Gasteiger partial charge is 0.476 e. The molecule has 0 fully saturated rings. The summed E-state index contributed by atoms with van der Waals surface area (Å²) in [6.45, 7) is 1.36. The number of carbonyl (C=O) groups is 2. The van der Waals surface area contributed by atoms with Crippen LogP contribution in [0.5, 0.6) is 0 Å². The normalized spacial score (nSPS) is 14.3. The Morgan fingerprint density at radius 1 is 1.53 bits per heavy atom. The first-order valence-corrected chi connectivity index (χ1v) is 6.46. The van der Waals surface area contributed by atoms with E-state index in [1.807, 2.05) is 0 Å². The molecule has 17 heavy (non-hydrogen) atoms. The Balaban J connectivity index is 2.64. The highest BCUT2D eigenvalue weighted by atomic mass is 32.2. The van der Waals surface area contributed by atoms with Crippen molar-refractivity contribution in [2.45, 2.75) is 19.1 Å². The molecule has 0 spiro atoms. The van der Waals surface area contributed by atoms with Crippen LogP contribution in [0, 0.1) is 0 Å². The molecular weight excluding hydrogens is 266 g/mol. The molecule has 0 aliphatic rings. The Kier molecular flexibility index (Phi) is 5.06. The Labute approximate surface area is 105 Å². The van der Waals surface area contributed by atoms with E-state index in [4.69, 9.17) is 5.11 Å². The van der Waals surface area contributed by atoms with Crippen LogP contribution in [0.15, 0.2) is 5.38 Å². The number of hydrogen-bond donors (Lipinski definition) is 3. The molecule has 1 rings (SSSR count). The molecule has 3 N–H and O–H groups in total.